The third-order valence-electron chi connectivity index (χ3n) is 3.77. The molecule has 1 aliphatic rings. The molecule has 140 valence electrons. The number of hydrogen-bond acceptors (Lipinski definition) is 8. The van der Waals surface area contributed by atoms with Gasteiger partial charge in [0.05, 0.1) is 21.7 Å². The zero-order valence-corrected chi connectivity index (χ0v) is 15.6. The Morgan fingerprint density at radius 1 is 1.00 bits per heavy atom. The van der Waals surface area contributed by atoms with Crippen molar-refractivity contribution in [2.45, 2.75) is 5.22 Å². The van der Waals surface area contributed by atoms with Crippen molar-refractivity contribution in [3.05, 3.63) is 64.7 Å². The van der Waals surface area contributed by atoms with Gasteiger partial charge >= 0.3 is 5.97 Å². The third-order valence-corrected chi connectivity index (χ3v) is 4.90. The summed E-state index contributed by atoms with van der Waals surface area (Å²) in [6.45, 7) is 0. The molecular weight excluding hydrogens is 406 g/mol. The highest BCUT2D eigenvalue weighted by Crippen LogP contribution is 2.29. The van der Waals surface area contributed by atoms with Gasteiger partial charge in [0.15, 0.2) is 0 Å². The number of amides is 2. The van der Waals surface area contributed by atoms with E-state index in [9.17, 15) is 14.4 Å². The molecule has 3 aromatic rings. The molecule has 0 unspecified atom stereocenters. The van der Waals surface area contributed by atoms with Crippen molar-refractivity contribution >= 4 is 41.1 Å². The molecule has 0 saturated carbocycles. The molecule has 8 nitrogen and oxygen atoms in total. The van der Waals surface area contributed by atoms with Crippen molar-refractivity contribution in [3.8, 4) is 11.5 Å². The quantitative estimate of drug-likeness (QED) is 0.462. The fourth-order valence-corrected chi connectivity index (χ4v) is 3.26. The van der Waals surface area contributed by atoms with Crippen molar-refractivity contribution in [1.82, 2.24) is 15.3 Å². The number of thioether (sulfide) groups is 1. The summed E-state index contributed by atoms with van der Waals surface area (Å²) >= 11 is 6.99. The number of hydroxylamine groups is 2. The second kappa shape index (κ2) is 7.45. The van der Waals surface area contributed by atoms with Crippen molar-refractivity contribution in [3.63, 3.8) is 0 Å². The first-order chi connectivity index (χ1) is 13.5. The van der Waals surface area contributed by atoms with Crippen LogP contribution in [0.3, 0.4) is 0 Å². The summed E-state index contributed by atoms with van der Waals surface area (Å²) in [5.41, 5.74) is 0.945. The topological polar surface area (TPSA) is 103 Å². The van der Waals surface area contributed by atoms with Crippen LogP contribution in [-0.4, -0.2) is 38.8 Å². The summed E-state index contributed by atoms with van der Waals surface area (Å²) in [4.78, 5) is 41.3. The number of carbonyl (C=O) groups excluding carboxylic acids is 3. The van der Waals surface area contributed by atoms with E-state index in [0.717, 1.165) is 11.8 Å². The molecule has 10 heteroatoms. The van der Waals surface area contributed by atoms with Crippen molar-refractivity contribution in [1.29, 1.82) is 0 Å². The highest BCUT2D eigenvalue weighted by Gasteiger charge is 2.38. The van der Waals surface area contributed by atoms with E-state index in [1.54, 1.807) is 36.4 Å². The Morgan fingerprint density at radius 3 is 2.25 bits per heavy atom. The lowest BCUT2D eigenvalue weighted by molar-refractivity contribution is -0.165. The van der Waals surface area contributed by atoms with Gasteiger partial charge in [0, 0.05) is 0 Å². The van der Waals surface area contributed by atoms with E-state index in [1.165, 1.54) is 12.1 Å². The molecule has 1 aromatic heterocycles. The van der Waals surface area contributed by atoms with Crippen LogP contribution in [0, 0.1) is 0 Å². The number of carbonyl (C=O) groups is 3. The summed E-state index contributed by atoms with van der Waals surface area (Å²) in [6, 6.07) is 13.2. The van der Waals surface area contributed by atoms with Crippen molar-refractivity contribution in [2.75, 3.05) is 5.75 Å². The predicted octanol–water partition coefficient (Wildman–Crippen LogP) is 3.24. The van der Waals surface area contributed by atoms with Gasteiger partial charge in [0.2, 0.25) is 5.89 Å². The number of aromatic nitrogens is 2. The molecule has 0 radical (unpaired) electrons. The van der Waals surface area contributed by atoms with Crippen LogP contribution >= 0.6 is 23.4 Å². The number of nitrogens with zero attached hydrogens (tertiary/aromatic N) is 3. The van der Waals surface area contributed by atoms with Crippen LogP contribution in [0.5, 0.6) is 0 Å². The number of rotatable bonds is 5. The van der Waals surface area contributed by atoms with E-state index < -0.39 is 17.8 Å². The Labute approximate surface area is 167 Å². The first-order valence-corrected chi connectivity index (χ1v) is 9.31. The minimum atomic E-state index is -0.808. The van der Waals surface area contributed by atoms with E-state index in [0.29, 0.717) is 15.6 Å². The van der Waals surface area contributed by atoms with E-state index in [-0.39, 0.29) is 28.0 Å². The molecule has 0 N–H and O–H groups in total. The Hall–Kier alpha value is -3.17. The largest absolute Gasteiger partial charge is 0.411 e. The van der Waals surface area contributed by atoms with Gasteiger partial charge in [-0.25, -0.2) is 4.79 Å². The number of benzene rings is 2. The molecule has 0 spiro atoms. The fraction of sp³-hybridized carbons (Fsp3) is 0.0556. The third kappa shape index (κ3) is 3.37. The van der Waals surface area contributed by atoms with Crippen LogP contribution in [-0.2, 0) is 9.63 Å². The van der Waals surface area contributed by atoms with Gasteiger partial charge in [-0.3, -0.25) is 9.59 Å². The van der Waals surface area contributed by atoms with Gasteiger partial charge in [-0.15, -0.1) is 10.2 Å². The van der Waals surface area contributed by atoms with Crippen LogP contribution < -0.4 is 0 Å². The summed E-state index contributed by atoms with van der Waals surface area (Å²) in [6.07, 6.45) is 0. The highest BCUT2D eigenvalue weighted by atomic mass is 35.5. The molecule has 0 aliphatic carbocycles. The van der Waals surface area contributed by atoms with Crippen LogP contribution in [0.2, 0.25) is 5.02 Å². The van der Waals surface area contributed by atoms with Crippen LogP contribution in [0.1, 0.15) is 20.7 Å². The monoisotopic (exact) mass is 415 g/mol. The molecule has 2 amide bonds. The number of halogens is 1. The van der Waals surface area contributed by atoms with Crippen LogP contribution in [0.25, 0.3) is 11.5 Å². The van der Waals surface area contributed by atoms with Gasteiger partial charge in [-0.05, 0) is 24.3 Å². The average Bonchev–Trinajstić information content (AvgIpc) is 3.26. The van der Waals surface area contributed by atoms with Crippen molar-refractivity contribution < 1.29 is 23.6 Å². The lowest BCUT2D eigenvalue weighted by atomic mass is 10.1. The van der Waals surface area contributed by atoms with Crippen molar-refractivity contribution in [2.24, 2.45) is 0 Å². The Morgan fingerprint density at radius 2 is 1.61 bits per heavy atom. The fourth-order valence-electron chi connectivity index (χ4n) is 2.51. The molecule has 0 bridgehead atoms. The molecular formula is C18H10ClN3O5S. The number of hydrogen-bond donors (Lipinski definition) is 0. The van der Waals surface area contributed by atoms with Gasteiger partial charge in [0.1, 0.15) is 5.75 Å². The van der Waals surface area contributed by atoms with Gasteiger partial charge in [-0.2, -0.15) is 0 Å². The zero-order chi connectivity index (χ0) is 19.7. The minimum Gasteiger partial charge on any atom is -0.411 e. The smallest absolute Gasteiger partial charge is 0.343 e. The van der Waals surface area contributed by atoms with E-state index in [2.05, 4.69) is 10.2 Å². The minimum absolute atomic E-state index is 0.120. The Bertz CT molecular complexity index is 1070. The van der Waals surface area contributed by atoms with Gasteiger partial charge < -0.3 is 9.25 Å². The molecule has 0 saturated heterocycles. The standard InChI is InChI=1S/C18H10ClN3O5S/c19-13-8-4-3-7-12(13)15-20-21-18(26-15)28-9-14(23)27-22-16(24)10-5-1-2-6-11(10)17(22)25/h1-8H,9H2. The summed E-state index contributed by atoms with van der Waals surface area (Å²) in [5, 5.41) is 8.75. The molecule has 2 aromatic carbocycles. The maximum absolute atomic E-state index is 12.2. The SMILES string of the molecule is O=C(CSc1nnc(-c2ccccc2Cl)o1)ON1C(=O)c2ccccc2C1=O. The van der Waals surface area contributed by atoms with Crippen LogP contribution in [0.4, 0.5) is 0 Å². The Balaban J connectivity index is 1.38. The van der Waals surface area contributed by atoms with E-state index in [4.69, 9.17) is 20.9 Å². The van der Waals surface area contributed by atoms with Crippen LogP contribution in [0.15, 0.2) is 58.2 Å². The molecule has 28 heavy (non-hydrogen) atoms. The average molecular weight is 416 g/mol. The second-order valence-electron chi connectivity index (χ2n) is 5.56. The summed E-state index contributed by atoms with van der Waals surface area (Å²) in [5.74, 6) is -2.20. The maximum Gasteiger partial charge on any atom is 0.343 e. The van der Waals surface area contributed by atoms with Gasteiger partial charge in [-0.1, -0.05) is 52.7 Å². The highest BCUT2D eigenvalue weighted by molar-refractivity contribution is 7.99. The zero-order valence-electron chi connectivity index (χ0n) is 14.0. The normalized spacial score (nSPS) is 13.0. The number of imide groups is 1. The lowest BCUT2D eigenvalue weighted by Gasteiger charge is -2.11. The lowest BCUT2D eigenvalue weighted by Crippen LogP contribution is -2.33. The molecule has 4 rings (SSSR count). The Kier molecular flexibility index (Phi) is 4.84. The molecule has 0 atom stereocenters. The molecule has 2 heterocycles. The summed E-state index contributed by atoms with van der Waals surface area (Å²) in [7, 11) is 0. The second-order valence-corrected chi connectivity index (χ2v) is 6.89. The molecule has 1 aliphatic heterocycles. The maximum atomic E-state index is 12.2. The van der Waals surface area contributed by atoms with Gasteiger partial charge in [0.25, 0.3) is 17.0 Å². The number of fused-ring (bicyclic) bond motifs is 1. The first-order valence-electron chi connectivity index (χ1n) is 7.94. The van der Waals surface area contributed by atoms with E-state index >= 15 is 0 Å². The van der Waals surface area contributed by atoms with E-state index in [1.807, 2.05) is 0 Å². The first kappa shape index (κ1) is 18.2. The summed E-state index contributed by atoms with van der Waals surface area (Å²) < 4.78 is 5.46. The predicted molar refractivity (Wildman–Crippen MR) is 98.5 cm³/mol. The molecule has 0 fully saturated rings.